The molecule has 0 spiro atoms. The van der Waals surface area contributed by atoms with E-state index >= 15 is 0 Å². The molecule has 0 aliphatic carbocycles. The van der Waals surface area contributed by atoms with Crippen LogP contribution in [0.5, 0.6) is 11.5 Å². The molecule has 4 rings (SSSR count). The van der Waals surface area contributed by atoms with Gasteiger partial charge in [-0.05, 0) is 43.2 Å². The Kier molecular flexibility index (Phi) is 6.10. The topological polar surface area (TPSA) is 36.3 Å². The maximum absolute atomic E-state index is 6.06. The molecule has 0 N–H and O–H groups in total. The number of fused-ring (bicyclic) bond motifs is 1. The minimum atomic E-state index is 0.558. The second-order valence-electron chi connectivity index (χ2n) is 6.88. The van der Waals surface area contributed by atoms with E-state index in [9.17, 15) is 0 Å². The van der Waals surface area contributed by atoms with Crippen LogP contribution in [-0.4, -0.2) is 22.8 Å². The van der Waals surface area contributed by atoms with Crippen LogP contribution in [-0.2, 0) is 19.4 Å². The normalized spacial score (nSPS) is 10.9. The molecule has 4 heteroatoms. The molecule has 0 amide bonds. The molecular formula is C25H26N2O2. The summed E-state index contributed by atoms with van der Waals surface area (Å²) in [4.78, 5) is 4.88. The Bertz CT molecular complexity index is 1060. The van der Waals surface area contributed by atoms with Gasteiger partial charge in [0.25, 0.3) is 0 Å². The van der Waals surface area contributed by atoms with E-state index in [0.717, 1.165) is 47.7 Å². The van der Waals surface area contributed by atoms with E-state index in [1.165, 1.54) is 5.56 Å². The van der Waals surface area contributed by atoms with E-state index in [1.54, 1.807) is 0 Å². The molecule has 29 heavy (non-hydrogen) atoms. The highest BCUT2D eigenvalue weighted by molar-refractivity contribution is 5.75. The molecule has 1 heterocycles. The molecule has 0 atom stereocenters. The van der Waals surface area contributed by atoms with Crippen LogP contribution in [0, 0.1) is 0 Å². The van der Waals surface area contributed by atoms with Gasteiger partial charge in [-0.15, -0.1) is 0 Å². The Morgan fingerprint density at radius 3 is 2.24 bits per heavy atom. The second-order valence-corrected chi connectivity index (χ2v) is 6.88. The first-order valence-corrected chi connectivity index (χ1v) is 10.2. The summed E-state index contributed by atoms with van der Waals surface area (Å²) < 4.78 is 14.0. The Morgan fingerprint density at radius 1 is 0.759 bits per heavy atom. The van der Waals surface area contributed by atoms with Gasteiger partial charge in [0.15, 0.2) is 11.5 Å². The van der Waals surface area contributed by atoms with E-state index in [4.69, 9.17) is 14.5 Å². The quantitative estimate of drug-likeness (QED) is 0.392. The van der Waals surface area contributed by atoms with E-state index < -0.39 is 0 Å². The van der Waals surface area contributed by atoms with Gasteiger partial charge in [-0.3, -0.25) is 0 Å². The number of imidazole rings is 1. The summed E-state index contributed by atoms with van der Waals surface area (Å²) in [6.07, 6.45) is 1.87. The van der Waals surface area contributed by atoms with Gasteiger partial charge in [-0.25, -0.2) is 4.98 Å². The van der Waals surface area contributed by atoms with Gasteiger partial charge in [-0.1, -0.05) is 54.6 Å². The summed E-state index contributed by atoms with van der Waals surface area (Å²) in [7, 11) is 0. The number of nitrogens with zero attached hydrogens (tertiary/aromatic N) is 2. The highest BCUT2D eigenvalue weighted by atomic mass is 16.5. The zero-order valence-corrected chi connectivity index (χ0v) is 16.8. The van der Waals surface area contributed by atoms with Crippen molar-refractivity contribution in [2.75, 3.05) is 13.2 Å². The van der Waals surface area contributed by atoms with Crippen molar-refractivity contribution in [3.63, 3.8) is 0 Å². The van der Waals surface area contributed by atoms with Crippen molar-refractivity contribution in [3.8, 4) is 11.5 Å². The van der Waals surface area contributed by atoms with Gasteiger partial charge >= 0.3 is 0 Å². The number of ether oxygens (including phenoxy) is 2. The standard InChI is InChI=1S/C25H26N2O2/c1-2-28-23-14-8-9-15-24(23)29-19-18-27-22-13-7-6-12-21(22)26-25(27)17-16-20-10-4-3-5-11-20/h3-15H,2,16-19H2,1H3. The van der Waals surface area contributed by atoms with Crippen molar-refractivity contribution in [1.29, 1.82) is 0 Å². The molecule has 0 saturated heterocycles. The third kappa shape index (κ3) is 4.60. The van der Waals surface area contributed by atoms with Crippen molar-refractivity contribution < 1.29 is 9.47 Å². The molecule has 0 aliphatic heterocycles. The Balaban J connectivity index is 1.50. The number of benzene rings is 3. The molecule has 4 aromatic rings. The van der Waals surface area contributed by atoms with Crippen molar-refractivity contribution in [2.45, 2.75) is 26.3 Å². The van der Waals surface area contributed by atoms with Gasteiger partial charge in [0.2, 0.25) is 0 Å². The third-order valence-corrected chi connectivity index (χ3v) is 4.94. The molecule has 0 bridgehead atoms. The number of aromatic nitrogens is 2. The molecule has 148 valence electrons. The highest BCUT2D eigenvalue weighted by Gasteiger charge is 2.11. The first kappa shape index (κ1) is 19.1. The zero-order valence-electron chi connectivity index (χ0n) is 16.8. The SMILES string of the molecule is CCOc1ccccc1OCCn1c(CCc2ccccc2)nc2ccccc21. The average Bonchev–Trinajstić information content (AvgIpc) is 3.12. The number of hydrogen-bond acceptors (Lipinski definition) is 3. The van der Waals surface area contributed by atoms with Gasteiger partial charge in [0.1, 0.15) is 12.4 Å². The molecule has 0 radical (unpaired) electrons. The average molecular weight is 386 g/mol. The van der Waals surface area contributed by atoms with Crippen LogP contribution in [0.15, 0.2) is 78.9 Å². The molecule has 0 fully saturated rings. The Morgan fingerprint density at radius 2 is 1.45 bits per heavy atom. The smallest absolute Gasteiger partial charge is 0.161 e. The van der Waals surface area contributed by atoms with Crippen LogP contribution in [0.1, 0.15) is 18.3 Å². The molecule has 1 aromatic heterocycles. The summed E-state index contributed by atoms with van der Waals surface area (Å²) in [6.45, 7) is 3.90. The summed E-state index contributed by atoms with van der Waals surface area (Å²) >= 11 is 0. The minimum Gasteiger partial charge on any atom is -0.490 e. The summed E-state index contributed by atoms with van der Waals surface area (Å²) in [5, 5.41) is 0. The maximum Gasteiger partial charge on any atom is 0.161 e. The Labute approximate surface area is 171 Å². The van der Waals surface area contributed by atoms with E-state index in [1.807, 2.05) is 37.3 Å². The van der Waals surface area contributed by atoms with Crippen molar-refractivity contribution in [2.24, 2.45) is 0 Å². The fourth-order valence-electron chi connectivity index (χ4n) is 3.56. The van der Waals surface area contributed by atoms with Crippen LogP contribution < -0.4 is 9.47 Å². The predicted octanol–water partition coefficient (Wildman–Crippen LogP) is 5.30. The van der Waals surface area contributed by atoms with Crippen LogP contribution >= 0.6 is 0 Å². The van der Waals surface area contributed by atoms with Crippen LogP contribution in [0.2, 0.25) is 0 Å². The largest absolute Gasteiger partial charge is 0.490 e. The molecule has 0 saturated carbocycles. The van der Waals surface area contributed by atoms with Gasteiger partial charge < -0.3 is 14.0 Å². The third-order valence-electron chi connectivity index (χ3n) is 4.94. The van der Waals surface area contributed by atoms with Crippen LogP contribution in [0.3, 0.4) is 0 Å². The lowest BCUT2D eigenvalue weighted by atomic mass is 10.1. The first-order valence-electron chi connectivity index (χ1n) is 10.2. The lowest BCUT2D eigenvalue weighted by Gasteiger charge is -2.13. The summed E-state index contributed by atoms with van der Waals surface area (Å²) in [5.41, 5.74) is 3.51. The van der Waals surface area contributed by atoms with Gasteiger partial charge in [0, 0.05) is 6.42 Å². The Hall–Kier alpha value is -3.27. The molecular weight excluding hydrogens is 360 g/mol. The minimum absolute atomic E-state index is 0.558. The van der Waals surface area contributed by atoms with Crippen LogP contribution in [0.4, 0.5) is 0 Å². The summed E-state index contributed by atoms with van der Waals surface area (Å²) in [6, 6.07) is 26.7. The van der Waals surface area contributed by atoms with E-state index in [0.29, 0.717) is 13.2 Å². The molecule has 4 nitrogen and oxygen atoms in total. The van der Waals surface area contributed by atoms with E-state index in [-0.39, 0.29) is 0 Å². The zero-order chi connectivity index (χ0) is 19.9. The molecule has 3 aromatic carbocycles. The van der Waals surface area contributed by atoms with Crippen molar-refractivity contribution in [3.05, 3.63) is 90.3 Å². The maximum atomic E-state index is 6.06. The monoisotopic (exact) mass is 386 g/mol. The van der Waals surface area contributed by atoms with Crippen LogP contribution in [0.25, 0.3) is 11.0 Å². The van der Waals surface area contributed by atoms with Crippen molar-refractivity contribution in [1.82, 2.24) is 9.55 Å². The number of rotatable bonds is 9. The highest BCUT2D eigenvalue weighted by Crippen LogP contribution is 2.26. The van der Waals surface area contributed by atoms with Crippen molar-refractivity contribution >= 4 is 11.0 Å². The predicted molar refractivity (Wildman–Crippen MR) is 117 cm³/mol. The molecule has 0 unspecified atom stereocenters. The van der Waals surface area contributed by atoms with E-state index in [2.05, 4.69) is 53.1 Å². The second kappa shape index (κ2) is 9.28. The number of para-hydroxylation sites is 4. The fourth-order valence-corrected chi connectivity index (χ4v) is 3.56. The number of hydrogen-bond donors (Lipinski definition) is 0. The lowest BCUT2D eigenvalue weighted by Crippen LogP contribution is -2.12. The number of aryl methyl sites for hydroxylation is 2. The van der Waals surface area contributed by atoms with Gasteiger partial charge in [0.05, 0.1) is 24.2 Å². The molecule has 0 aliphatic rings. The first-order chi connectivity index (χ1) is 14.3. The van der Waals surface area contributed by atoms with Gasteiger partial charge in [-0.2, -0.15) is 0 Å². The fraction of sp³-hybridized carbons (Fsp3) is 0.240. The lowest BCUT2D eigenvalue weighted by molar-refractivity contribution is 0.266. The summed E-state index contributed by atoms with van der Waals surface area (Å²) in [5.74, 6) is 2.66.